The van der Waals surface area contributed by atoms with Crippen molar-refractivity contribution in [3.8, 4) is 5.82 Å². The number of nitrogens with two attached hydrogens (primary N) is 1. The Bertz CT molecular complexity index is 433. The molecule has 0 saturated heterocycles. The fraction of sp³-hybridized carbons (Fsp3) is 0. The molecule has 70 valence electrons. The van der Waals surface area contributed by atoms with Crippen LogP contribution < -0.4 is 5.73 Å². The third kappa shape index (κ3) is 1.60. The summed E-state index contributed by atoms with van der Waals surface area (Å²) in [4.78, 5) is 12.3. The van der Waals surface area contributed by atoms with E-state index in [1.165, 1.54) is 6.20 Å². The molecule has 2 heterocycles. The average molecular weight is 205 g/mol. The minimum absolute atomic E-state index is 0.245. The van der Waals surface area contributed by atoms with E-state index in [9.17, 15) is 0 Å². The first-order valence-electron chi connectivity index (χ1n) is 3.87. The van der Waals surface area contributed by atoms with Crippen molar-refractivity contribution in [2.24, 2.45) is 5.73 Å². The molecular formula is C8H7N5S. The summed E-state index contributed by atoms with van der Waals surface area (Å²) in [6.07, 6.45) is 8.23. The SMILES string of the molecule is NC(=S)c1cnc(-n2ccnc2)cn1. The Hall–Kier alpha value is -1.82. The number of rotatable bonds is 2. The molecule has 0 radical (unpaired) electrons. The van der Waals surface area contributed by atoms with Gasteiger partial charge in [0.1, 0.15) is 17.0 Å². The summed E-state index contributed by atoms with van der Waals surface area (Å²) in [6.45, 7) is 0. The number of hydrogen-bond acceptors (Lipinski definition) is 4. The minimum Gasteiger partial charge on any atom is -0.388 e. The second kappa shape index (κ2) is 3.51. The predicted octanol–water partition coefficient (Wildman–Crippen LogP) is 0.297. The molecule has 2 aromatic rings. The molecule has 0 aromatic carbocycles. The van der Waals surface area contributed by atoms with Gasteiger partial charge in [-0.2, -0.15) is 0 Å². The van der Waals surface area contributed by atoms with Crippen LogP contribution in [0.4, 0.5) is 0 Å². The molecule has 5 nitrogen and oxygen atoms in total. The van der Waals surface area contributed by atoms with E-state index in [4.69, 9.17) is 18.0 Å². The first-order valence-corrected chi connectivity index (χ1v) is 4.28. The Kier molecular flexibility index (Phi) is 2.19. The van der Waals surface area contributed by atoms with Gasteiger partial charge in [-0.3, -0.25) is 4.57 Å². The van der Waals surface area contributed by atoms with E-state index >= 15 is 0 Å². The highest BCUT2D eigenvalue weighted by molar-refractivity contribution is 7.80. The maximum absolute atomic E-state index is 5.39. The zero-order chi connectivity index (χ0) is 9.97. The Morgan fingerprint density at radius 3 is 2.71 bits per heavy atom. The van der Waals surface area contributed by atoms with Gasteiger partial charge in [-0.1, -0.05) is 12.2 Å². The number of hydrogen-bond donors (Lipinski definition) is 1. The van der Waals surface area contributed by atoms with Crippen molar-refractivity contribution in [2.75, 3.05) is 0 Å². The Balaban J connectivity index is 2.36. The molecule has 2 rings (SSSR count). The molecule has 0 amide bonds. The van der Waals surface area contributed by atoms with Crippen molar-refractivity contribution in [1.82, 2.24) is 19.5 Å². The van der Waals surface area contributed by atoms with Gasteiger partial charge in [0.15, 0.2) is 5.82 Å². The van der Waals surface area contributed by atoms with Gasteiger partial charge in [-0.25, -0.2) is 15.0 Å². The molecule has 0 aliphatic carbocycles. The lowest BCUT2D eigenvalue weighted by atomic mass is 10.4. The van der Waals surface area contributed by atoms with Crippen LogP contribution in [0.1, 0.15) is 5.69 Å². The Morgan fingerprint density at radius 1 is 1.36 bits per heavy atom. The van der Waals surface area contributed by atoms with E-state index in [2.05, 4.69) is 15.0 Å². The first kappa shape index (κ1) is 8.76. The maximum atomic E-state index is 5.39. The third-order valence-corrected chi connectivity index (χ3v) is 1.87. The van der Waals surface area contributed by atoms with Crippen LogP contribution in [-0.2, 0) is 0 Å². The van der Waals surface area contributed by atoms with Crippen LogP contribution in [0.3, 0.4) is 0 Å². The lowest BCUT2D eigenvalue weighted by Crippen LogP contribution is -2.12. The van der Waals surface area contributed by atoms with Gasteiger partial charge in [0.25, 0.3) is 0 Å². The van der Waals surface area contributed by atoms with Crippen molar-refractivity contribution in [3.05, 3.63) is 36.8 Å². The molecule has 14 heavy (non-hydrogen) atoms. The van der Waals surface area contributed by atoms with Crippen LogP contribution in [0, 0.1) is 0 Å². The van der Waals surface area contributed by atoms with E-state index in [-0.39, 0.29) is 4.99 Å². The number of imidazole rings is 1. The fourth-order valence-electron chi connectivity index (χ4n) is 0.976. The second-order valence-electron chi connectivity index (χ2n) is 2.59. The summed E-state index contributed by atoms with van der Waals surface area (Å²) in [5.41, 5.74) is 5.91. The Labute approximate surface area is 85.6 Å². The van der Waals surface area contributed by atoms with Crippen molar-refractivity contribution in [1.29, 1.82) is 0 Å². The van der Waals surface area contributed by atoms with Gasteiger partial charge in [-0.15, -0.1) is 0 Å². The molecule has 6 heteroatoms. The normalized spacial score (nSPS) is 10.0. The van der Waals surface area contributed by atoms with Crippen molar-refractivity contribution < 1.29 is 0 Å². The van der Waals surface area contributed by atoms with Crippen LogP contribution in [-0.4, -0.2) is 24.5 Å². The highest BCUT2D eigenvalue weighted by Gasteiger charge is 2.00. The van der Waals surface area contributed by atoms with E-state index in [0.717, 1.165) is 0 Å². The first-order chi connectivity index (χ1) is 6.77. The van der Waals surface area contributed by atoms with Crippen LogP contribution in [0.2, 0.25) is 0 Å². The van der Waals surface area contributed by atoms with Crippen molar-refractivity contribution >= 4 is 17.2 Å². The lowest BCUT2D eigenvalue weighted by molar-refractivity contribution is 0.967. The molecule has 0 unspecified atom stereocenters. The van der Waals surface area contributed by atoms with Gasteiger partial charge >= 0.3 is 0 Å². The zero-order valence-electron chi connectivity index (χ0n) is 7.16. The number of aromatic nitrogens is 4. The van der Waals surface area contributed by atoms with Crippen molar-refractivity contribution in [2.45, 2.75) is 0 Å². The summed E-state index contributed by atoms with van der Waals surface area (Å²) in [6, 6.07) is 0. The molecule has 0 aliphatic rings. The van der Waals surface area contributed by atoms with E-state index in [1.807, 2.05) is 0 Å². The van der Waals surface area contributed by atoms with Crippen LogP contribution >= 0.6 is 12.2 Å². The van der Waals surface area contributed by atoms with Gasteiger partial charge in [0.05, 0.1) is 12.4 Å². The zero-order valence-corrected chi connectivity index (χ0v) is 7.98. The smallest absolute Gasteiger partial charge is 0.156 e. The number of nitrogens with zero attached hydrogens (tertiary/aromatic N) is 4. The van der Waals surface area contributed by atoms with E-state index in [1.54, 1.807) is 29.5 Å². The Morgan fingerprint density at radius 2 is 2.21 bits per heavy atom. The van der Waals surface area contributed by atoms with Crippen LogP contribution in [0.25, 0.3) is 5.82 Å². The third-order valence-electron chi connectivity index (χ3n) is 1.66. The largest absolute Gasteiger partial charge is 0.388 e. The van der Waals surface area contributed by atoms with Crippen molar-refractivity contribution in [3.63, 3.8) is 0 Å². The summed E-state index contributed by atoms with van der Waals surface area (Å²) in [5, 5.41) is 0. The van der Waals surface area contributed by atoms with Gasteiger partial charge in [-0.05, 0) is 0 Å². The van der Waals surface area contributed by atoms with Crippen LogP contribution in [0.15, 0.2) is 31.1 Å². The maximum Gasteiger partial charge on any atom is 0.156 e. The monoisotopic (exact) mass is 205 g/mol. The van der Waals surface area contributed by atoms with E-state index < -0.39 is 0 Å². The molecule has 0 spiro atoms. The molecule has 0 fully saturated rings. The summed E-state index contributed by atoms with van der Waals surface area (Å²) < 4.78 is 1.75. The molecule has 0 atom stereocenters. The van der Waals surface area contributed by atoms with Crippen LogP contribution in [0.5, 0.6) is 0 Å². The summed E-state index contributed by atoms with van der Waals surface area (Å²) in [5.74, 6) is 0.683. The van der Waals surface area contributed by atoms with Gasteiger partial charge in [0.2, 0.25) is 0 Å². The molecule has 0 saturated carbocycles. The summed E-state index contributed by atoms with van der Waals surface area (Å²) >= 11 is 4.76. The number of thiocarbonyl (C=S) groups is 1. The topological polar surface area (TPSA) is 69.6 Å². The highest BCUT2D eigenvalue weighted by atomic mass is 32.1. The fourth-order valence-corrected chi connectivity index (χ4v) is 1.08. The van der Waals surface area contributed by atoms with Gasteiger partial charge in [0, 0.05) is 12.4 Å². The predicted molar refractivity (Wildman–Crippen MR) is 55.0 cm³/mol. The second-order valence-corrected chi connectivity index (χ2v) is 3.03. The standard InChI is InChI=1S/C8H7N5S/c9-8(14)6-3-12-7(4-11-6)13-2-1-10-5-13/h1-5H,(H2,9,14). The minimum atomic E-state index is 0.245. The highest BCUT2D eigenvalue weighted by Crippen LogP contribution is 2.01. The molecule has 2 aromatic heterocycles. The molecule has 2 N–H and O–H groups in total. The van der Waals surface area contributed by atoms with Gasteiger partial charge < -0.3 is 5.73 Å². The lowest BCUT2D eigenvalue weighted by Gasteiger charge is -2.00. The quantitative estimate of drug-likeness (QED) is 0.714. The summed E-state index contributed by atoms with van der Waals surface area (Å²) in [7, 11) is 0. The molecule has 0 bridgehead atoms. The molecule has 0 aliphatic heterocycles. The average Bonchev–Trinajstić information content (AvgIpc) is 2.71. The molecular weight excluding hydrogens is 198 g/mol. The van der Waals surface area contributed by atoms with E-state index in [0.29, 0.717) is 11.5 Å².